The molecule has 0 aromatic heterocycles. The lowest BCUT2D eigenvalue weighted by molar-refractivity contribution is -0.147. The fraction of sp³-hybridized carbons (Fsp3) is 0.412. The van der Waals surface area contributed by atoms with Crippen LogP contribution in [0, 0.1) is 11.8 Å². The summed E-state index contributed by atoms with van der Waals surface area (Å²) < 4.78 is 5.27. The number of ether oxygens (including phenoxy) is 1. The van der Waals surface area contributed by atoms with Gasteiger partial charge in [0.1, 0.15) is 5.75 Å². The highest BCUT2D eigenvalue weighted by molar-refractivity contribution is 5.85. The van der Waals surface area contributed by atoms with Crippen molar-refractivity contribution in [3.63, 3.8) is 0 Å². The Kier molecular flexibility index (Phi) is 5.58. The van der Waals surface area contributed by atoms with Crippen LogP contribution >= 0.6 is 0 Å². The minimum absolute atomic E-state index is 0.188. The lowest BCUT2D eigenvalue weighted by Crippen LogP contribution is -2.39. The highest BCUT2D eigenvalue weighted by atomic mass is 16.5. The minimum Gasteiger partial charge on any atom is -0.496 e. The average molecular weight is 303 g/mol. The number of carbonyl (C=O) groups excluding carboxylic acids is 1. The van der Waals surface area contributed by atoms with E-state index in [2.05, 4.69) is 5.32 Å². The summed E-state index contributed by atoms with van der Waals surface area (Å²) in [5, 5.41) is 12.0. The molecular formula is C17H21NO4. The van der Waals surface area contributed by atoms with Gasteiger partial charge in [-0.2, -0.15) is 0 Å². The Morgan fingerprint density at radius 3 is 2.59 bits per heavy atom. The van der Waals surface area contributed by atoms with Gasteiger partial charge < -0.3 is 15.2 Å². The molecule has 22 heavy (non-hydrogen) atoms. The number of hydrogen-bond acceptors (Lipinski definition) is 3. The van der Waals surface area contributed by atoms with Gasteiger partial charge in [0.15, 0.2) is 0 Å². The van der Waals surface area contributed by atoms with Gasteiger partial charge in [-0.3, -0.25) is 9.59 Å². The zero-order valence-corrected chi connectivity index (χ0v) is 12.6. The monoisotopic (exact) mass is 303 g/mol. The number of hydrogen-bond donors (Lipinski definition) is 2. The first-order valence-corrected chi connectivity index (χ1v) is 7.41. The van der Waals surface area contributed by atoms with E-state index in [-0.39, 0.29) is 5.91 Å². The van der Waals surface area contributed by atoms with E-state index in [0.717, 1.165) is 11.3 Å². The number of aliphatic carboxylic acids is 1. The highest BCUT2D eigenvalue weighted by Crippen LogP contribution is 2.26. The molecule has 5 nitrogen and oxygen atoms in total. The third-order valence-corrected chi connectivity index (χ3v) is 3.97. The number of rotatable bonds is 6. The maximum atomic E-state index is 12.2. The number of amides is 1. The van der Waals surface area contributed by atoms with Crippen LogP contribution in [-0.2, 0) is 16.0 Å². The summed E-state index contributed by atoms with van der Waals surface area (Å²) in [4.78, 5) is 23.4. The molecule has 1 aliphatic rings. The van der Waals surface area contributed by atoms with Crippen LogP contribution in [0.2, 0.25) is 0 Å². The largest absolute Gasteiger partial charge is 0.496 e. The summed E-state index contributed by atoms with van der Waals surface area (Å²) in [5.74, 6) is -1.42. The molecule has 2 N–H and O–H groups in total. The summed E-state index contributed by atoms with van der Waals surface area (Å²) in [6, 6.07) is 7.65. The molecule has 1 aliphatic carbocycles. The molecule has 5 heteroatoms. The van der Waals surface area contributed by atoms with Crippen molar-refractivity contribution in [1.82, 2.24) is 5.32 Å². The summed E-state index contributed by atoms with van der Waals surface area (Å²) in [5.41, 5.74) is 1.02. The van der Waals surface area contributed by atoms with Crippen LogP contribution in [-0.4, -0.2) is 30.6 Å². The third-order valence-electron chi connectivity index (χ3n) is 3.97. The van der Waals surface area contributed by atoms with Crippen LogP contribution in [0.15, 0.2) is 36.4 Å². The van der Waals surface area contributed by atoms with Crippen molar-refractivity contribution in [3.8, 4) is 5.75 Å². The van der Waals surface area contributed by atoms with E-state index >= 15 is 0 Å². The predicted molar refractivity (Wildman–Crippen MR) is 82.7 cm³/mol. The van der Waals surface area contributed by atoms with E-state index in [1.807, 2.05) is 36.4 Å². The van der Waals surface area contributed by atoms with Crippen molar-refractivity contribution < 1.29 is 19.4 Å². The number of carboxylic acid groups (broad SMARTS) is 1. The number of carbonyl (C=O) groups is 2. The van der Waals surface area contributed by atoms with Gasteiger partial charge >= 0.3 is 5.97 Å². The Morgan fingerprint density at radius 1 is 1.23 bits per heavy atom. The second-order valence-corrected chi connectivity index (χ2v) is 5.35. The topological polar surface area (TPSA) is 75.6 Å². The Morgan fingerprint density at radius 2 is 1.91 bits per heavy atom. The van der Waals surface area contributed by atoms with Crippen molar-refractivity contribution in [1.29, 1.82) is 0 Å². The van der Waals surface area contributed by atoms with Crippen LogP contribution in [0.25, 0.3) is 0 Å². The van der Waals surface area contributed by atoms with Crippen LogP contribution in [0.3, 0.4) is 0 Å². The van der Waals surface area contributed by atoms with E-state index in [9.17, 15) is 14.7 Å². The first-order chi connectivity index (χ1) is 10.6. The SMILES string of the molecule is COc1ccccc1CCNC(=O)[C@@H]1CC=CC[C@H]1C(=O)O. The van der Waals surface area contributed by atoms with Gasteiger partial charge in [-0.15, -0.1) is 0 Å². The molecule has 0 saturated heterocycles. The molecule has 0 heterocycles. The van der Waals surface area contributed by atoms with Crippen LogP contribution in [0.5, 0.6) is 5.75 Å². The zero-order valence-electron chi connectivity index (χ0n) is 12.6. The van der Waals surface area contributed by atoms with Crippen molar-refractivity contribution in [3.05, 3.63) is 42.0 Å². The van der Waals surface area contributed by atoms with Gasteiger partial charge in [-0.25, -0.2) is 0 Å². The molecule has 0 unspecified atom stereocenters. The fourth-order valence-corrected chi connectivity index (χ4v) is 2.74. The molecular weight excluding hydrogens is 282 g/mol. The number of nitrogens with one attached hydrogen (secondary N) is 1. The van der Waals surface area contributed by atoms with Crippen molar-refractivity contribution in [2.45, 2.75) is 19.3 Å². The molecule has 1 aromatic rings. The Labute approximate surface area is 130 Å². The zero-order chi connectivity index (χ0) is 15.9. The average Bonchev–Trinajstić information content (AvgIpc) is 2.55. The first-order valence-electron chi connectivity index (χ1n) is 7.41. The molecule has 0 aliphatic heterocycles. The van der Waals surface area contributed by atoms with Gasteiger partial charge in [0.05, 0.1) is 18.9 Å². The lowest BCUT2D eigenvalue weighted by Gasteiger charge is -2.24. The van der Waals surface area contributed by atoms with E-state index in [4.69, 9.17) is 4.74 Å². The van der Waals surface area contributed by atoms with Crippen molar-refractivity contribution >= 4 is 11.9 Å². The van der Waals surface area contributed by atoms with Crippen molar-refractivity contribution in [2.24, 2.45) is 11.8 Å². The van der Waals surface area contributed by atoms with Gasteiger partial charge in [0.25, 0.3) is 0 Å². The number of carboxylic acids is 1. The standard InChI is InChI=1S/C17H21NO4/c1-22-15-9-5-2-6-12(15)10-11-18-16(19)13-7-3-4-8-14(13)17(20)21/h2-6,9,13-14H,7-8,10-11H2,1H3,(H,18,19)(H,20,21)/t13-,14-/m1/s1. The molecule has 2 atom stereocenters. The molecule has 1 amide bonds. The van der Waals surface area contributed by atoms with E-state index in [0.29, 0.717) is 25.8 Å². The summed E-state index contributed by atoms with van der Waals surface area (Å²) >= 11 is 0. The van der Waals surface area contributed by atoms with E-state index in [1.165, 1.54) is 0 Å². The highest BCUT2D eigenvalue weighted by Gasteiger charge is 2.33. The maximum Gasteiger partial charge on any atom is 0.307 e. The number of allylic oxidation sites excluding steroid dienone is 2. The molecule has 118 valence electrons. The molecule has 0 radical (unpaired) electrons. The second-order valence-electron chi connectivity index (χ2n) is 5.35. The summed E-state index contributed by atoms with van der Waals surface area (Å²) in [6.45, 7) is 0.464. The maximum absolute atomic E-state index is 12.2. The Balaban J connectivity index is 1.89. The molecule has 0 bridgehead atoms. The van der Waals surface area contributed by atoms with E-state index in [1.54, 1.807) is 7.11 Å². The third kappa shape index (κ3) is 3.87. The normalized spacial score (nSPS) is 20.4. The van der Waals surface area contributed by atoms with Gasteiger partial charge in [-0.1, -0.05) is 30.4 Å². The quantitative estimate of drug-likeness (QED) is 0.788. The lowest BCUT2D eigenvalue weighted by atomic mass is 9.82. The Bertz CT molecular complexity index is 568. The van der Waals surface area contributed by atoms with Crippen molar-refractivity contribution in [2.75, 3.05) is 13.7 Å². The molecule has 0 saturated carbocycles. The van der Waals surface area contributed by atoms with Crippen LogP contribution in [0.1, 0.15) is 18.4 Å². The number of para-hydroxylation sites is 1. The summed E-state index contributed by atoms with van der Waals surface area (Å²) in [7, 11) is 1.61. The van der Waals surface area contributed by atoms with Crippen LogP contribution in [0.4, 0.5) is 0 Å². The number of benzene rings is 1. The molecule has 0 fully saturated rings. The fourth-order valence-electron chi connectivity index (χ4n) is 2.74. The molecule has 2 rings (SSSR count). The second kappa shape index (κ2) is 7.64. The predicted octanol–water partition coefficient (Wildman–Crippen LogP) is 2.02. The summed E-state index contributed by atoms with van der Waals surface area (Å²) in [6.07, 6.45) is 5.26. The molecule has 1 aromatic carbocycles. The smallest absolute Gasteiger partial charge is 0.307 e. The molecule has 0 spiro atoms. The van der Waals surface area contributed by atoms with Gasteiger partial charge in [0, 0.05) is 6.54 Å². The van der Waals surface area contributed by atoms with Gasteiger partial charge in [0.2, 0.25) is 5.91 Å². The van der Waals surface area contributed by atoms with Gasteiger partial charge in [-0.05, 0) is 30.9 Å². The van der Waals surface area contributed by atoms with Crippen LogP contribution < -0.4 is 10.1 Å². The minimum atomic E-state index is -0.908. The van der Waals surface area contributed by atoms with E-state index < -0.39 is 17.8 Å². The Hall–Kier alpha value is -2.30. The number of methoxy groups -OCH3 is 1. The first kappa shape index (κ1) is 16.1.